The van der Waals surface area contributed by atoms with Gasteiger partial charge >= 0.3 is 11.9 Å². The summed E-state index contributed by atoms with van der Waals surface area (Å²) in [5, 5.41) is 27.2. The van der Waals surface area contributed by atoms with E-state index in [1.165, 1.54) is 10.6 Å². The number of nitrogens with zero attached hydrogens (tertiary/aromatic N) is 2. The molecule has 0 unspecified atom stereocenters. The molecule has 4 aromatic carbocycles. The third-order valence-electron chi connectivity index (χ3n) is 10.7. The van der Waals surface area contributed by atoms with E-state index in [0.29, 0.717) is 51.6 Å². The molecule has 0 bridgehead atoms. The minimum absolute atomic E-state index is 0.206. The van der Waals surface area contributed by atoms with E-state index in [2.05, 4.69) is 130 Å². The Morgan fingerprint density at radius 2 is 0.883 bits per heavy atom. The molecule has 1 saturated heterocycles. The molecule has 0 saturated carbocycles. The molecule has 60 heavy (non-hydrogen) atoms. The summed E-state index contributed by atoms with van der Waals surface area (Å²) in [6.07, 6.45) is 8.34. The van der Waals surface area contributed by atoms with Gasteiger partial charge in [0, 0.05) is 49.4 Å². The van der Waals surface area contributed by atoms with Crippen molar-refractivity contribution < 1.29 is 29.4 Å². The van der Waals surface area contributed by atoms with Crippen molar-refractivity contribution in [1.82, 2.24) is 10.6 Å². The lowest BCUT2D eigenvalue weighted by molar-refractivity contribution is -0.142. The van der Waals surface area contributed by atoms with Gasteiger partial charge in [-0.2, -0.15) is 0 Å². The average molecular weight is 855 g/mol. The van der Waals surface area contributed by atoms with Crippen molar-refractivity contribution in [1.29, 1.82) is 0 Å². The highest BCUT2D eigenvalue weighted by Gasteiger charge is 2.29. The fourth-order valence-electron chi connectivity index (χ4n) is 7.23. The van der Waals surface area contributed by atoms with Crippen LogP contribution in [-0.4, -0.2) is 84.3 Å². The van der Waals surface area contributed by atoms with Gasteiger partial charge in [-0.3, -0.25) is 9.59 Å². The second-order valence-electron chi connectivity index (χ2n) is 15.2. The average Bonchev–Trinajstić information content (AvgIpc) is 3.25. The highest BCUT2D eigenvalue weighted by Crippen LogP contribution is 2.48. The van der Waals surface area contributed by atoms with Crippen molar-refractivity contribution in [3.05, 3.63) is 120 Å². The van der Waals surface area contributed by atoms with Gasteiger partial charge in [-0.1, -0.05) is 84.9 Å². The number of benzene rings is 4. The van der Waals surface area contributed by atoms with Gasteiger partial charge in [0.1, 0.15) is 12.1 Å². The minimum Gasteiger partial charge on any atom is -0.480 e. The molecule has 1 aliphatic heterocycles. The number of nitrogens with two attached hydrogens (primary N) is 2. The number of aliphatic carboxylic acids is 2. The van der Waals surface area contributed by atoms with E-state index in [9.17, 15) is 29.4 Å². The number of nitrogens with one attached hydrogen (secondary N) is 2. The van der Waals surface area contributed by atoms with Gasteiger partial charge in [0.15, 0.2) is 0 Å². The first kappa shape index (κ1) is 46.2. The van der Waals surface area contributed by atoms with Gasteiger partial charge in [0.25, 0.3) is 0 Å². The summed E-state index contributed by atoms with van der Waals surface area (Å²) in [5.41, 5.74) is 15.4. The Balaban J connectivity index is 1.29. The maximum atomic E-state index is 12.7. The SMILES string of the molecule is NCCCC[C@H](NC(=O)CCc1ccc(N2CP(c3ccccc3)CN(c3ccc(CCC(=O)N[C@@H](CCCCN)C(=O)O)cc3)CP(c3ccccc3)C2)cc1)C(=O)O. The van der Waals surface area contributed by atoms with Crippen LogP contribution in [0, 0.1) is 0 Å². The molecule has 2 amide bonds. The number of aryl methyl sites for hydroxylation is 2. The van der Waals surface area contributed by atoms with Crippen molar-refractivity contribution in [3.63, 3.8) is 0 Å². The third-order valence-corrected chi connectivity index (χ3v) is 15.4. The fourth-order valence-corrected chi connectivity index (χ4v) is 12.3. The van der Waals surface area contributed by atoms with Crippen LogP contribution in [0.2, 0.25) is 0 Å². The molecule has 1 aliphatic rings. The number of anilines is 2. The van der Waals surface area contributed by atoms with Crippen LogP contribution < -0.4 is 42.5 Å². The zero-order valence-electron chi connectivity index (χ0n) is 34.3. The minimum atomic E-state index is -1.02. The topological polar surface area (TPSA) is 191 Å². The standard InChI is InChI=1S/C46H60N6O6P2/c47-29-9-7-15-41(45(55)56)49-43(53)27-21-35-17-23-37(24-18-35)51-31-59(39-11-3-1-4-12-39)32-52(34-60(33-51)40-13-5-2-6-14-40)38-25-19-36(20-26-38)22-28-44(54)50-42(46(57)58)16-8-10-30-48/h1-6,11-14,17-20,23-26,41-42H,7-10,15-16,21-22,27-34,47-48H2,(H,49,53)(H,50,54)(H,55,56)(H,57,58)/t41-,42-,59?,60?/m0/s1. The van der Waals surface area contributed by atoms with E-state index in [4.69, 9.17) is 11.5 Å². The summed E-state index contributed by atoms with van der Waals surface area (Å²) < 4.78 is 0. The summed E-state index contributed by atoms with van der Waals surface area (Å²) in [4.78, 5) is 53.9. The number of rotatable bonds is 22. The Morgan fingerprint density at radius 3 is 1.20 bits per heavy atom. The molecular formula is C46H60N6O6P2. The largest absolute Gasteiger partial charge is 0.480 e. The van der Waals surface area contributed by atoms with Gasteiger partial charge in [0.05, 0.1) is 0 Å². The van der Waals surface area contributed by atoms with Crippen LogP contribution in [0.25, 0.3) is 0 Å². The van der Waals surface area contributed by atoms with Gasteiger partial charge in [-0.25, -0.2) is 9.59 Å². The Bertz CT molecular complexity index is 1790. The van der Waals surface area contributed by atoms with Crippen LogP contribution in [0.15, 0.2) is 109 Å². The Hall–Kier alpha value is -4.86. The summed E-state index contributed by atoms with van der Waals surface area (Å²) in [5.74, 6) is -2.59. The second kappa shape index (κ2) is 24.4. The molecule has 8 N–H and O–H groups in total. The maximum absolute atomic E-state index is 12.7. The van der Waals surface area contributed by atoms with E-state index in [0.717, 1.165) is 60.5 Å². The first-order chi connectivity index (χ1) is 29.1. The zero-order chi connectivity index (χ0) is 42.7. The lowest BCUT2D eigenvalue weighted by Gasteiger charge is -2.41. The molecule has 0 spiro atoms. The molecule has 0 aliphatic carbocycles. The summed E-state index contributed by atoms with van der Waals surface area (Å²) in [6.45, 7) is 0.984. The second-order valence-corrected chi connectivity index (χ2v) is 19.5. The molecule has 0 aromatic heterocycles. The quantitative estimate of drug-likeness (QED) is 0.0421. The molecule has 4 aromatic rings. The molecule has 12 nitrogen and oxygen atoms in total. The summed E-state index contributed by atoms with van der Waals surface area (Å²) in [6, 6.07) is 36.6. The van der Waals surface area contributed by atoms with Gasteiger partial charge in [-0.15, -0.1) is 0 Å². The molecule has 5 rings (SSSR count). The predicted octanol–water partition coefficient (Wildman–Crippen LogP) is 5.72. The number of amides is 2. The van der Waals surface area contributed by atoms with E-state index in [1.54, 1.807) is 0 Å². The van der Waals surface area contributed by atoms with Crippen LogP contribution in [-0.2, 0) is 32.0 Å². The van der Waals surface area contributed by atoms with Crippen LogP contribution in [0.1, 0.15) is 62.5 Å². The first-order valence-corrected chi connectivity index (χ1v) is 24.3. The number of carboxylic acids is 2. The van der Waals surface area contributed by atoms with Crippen LogP contribution in [0.4, 0.5) is 11.4 Å². The number of hydrogen-bond donors (Lipinski definition) is 6. The fraction of sp³-hybridized carbons (Fsp3) is 0.391. The first-order valence-electron chi connectivity index (χ1n) is 20.9. The van der Waals surface area contributed by atoms with Crippen LogP contribution >= 0.6 is 15.8 Å². The number of carboxylic acid groups (broad SMARTS) is 2. The van der Waals surface area contributed by atoms with Crippen LogP contribution in [0.5, 0.6) is 0 Å². The van der Waals surface area contributed by atoms with Crippen molar-refractivity contribution in [2.24, 2.45) is 11.5 Å². The van der Waals surface area contributed by atoms with E-state index < -0.39 is 39.9 Å². The Morgan fingerprint density at radius 1 is 0.533 bits per heavy atom. The van der Waals surface area contributed by atoms with Gasteiger partial charge < -0.3 is 42.1 Å². The molecule has 0 radical (unpaired) electrons. The number of hydrogen-bond acceptors (Lipinski definition) is 8. The molecule has 1 heterocycles. The van der Waals surface area contributed by atoms with Gasteiger partial charge in [0.2, 0.25) is 11.8 Å². The molecule has 320 valence electrons. The van der Waals surface area contributed by atoms with E-state index in [-0.39, 0.29) is 24.7 Å². The Kier molecular flexibility index (Phi) is 18.8. The highest BCUT2D eigenvalue weighted by atomic mass is 31.1. The van der Waals surface area contributed by atoms with Gasteiger partial charge in [-0.05, 0) is 126 Å². The van der Waals surface area contributed by atoms with Crippen molar-refractivity contribution in [2.45, 2.75) is 76.3 Å². The van der Waals surface area contributed by atoms with Crippen molar-refractivity contribution in [2.75, 3.05) is 48.0 Å². The monoisotopic (exact) mass is 854 g/mol. The van der Waals surface area contributed by atoms with Crippen LogP contribution in [0.3, 0.4) is 0 Å². The van der Waals surface area contributed by atoms with E-state index >= 15 is 0 Å². The van der Waals surface area contributed by atoms with Crippen molar-refractivity contribution in [3.8, 4) is 0 Å². The molecular weight excluding hydrogens is 794 g/mol. The predicted molar refractivity (Wildman–Crippen MR) is 245 cm³/mol. The summed E-state index contributed by atoms with van der Waals surface area (Å²) in [7, 11) is -1.33. The summed E-state index contributed by atoms with van der Waals surface area (Å²) >= 11 is 0. The van der Waals surface area contributed by atoms with Crippen molar-refractivity contribution >= 4 is 61.6 Å². The zero-order valence-corrected chi connectivity index (χ0v) is 36.1. The number of unbranched alkanes of at least 4 members (excludes halogenated alkanes) is 2. The normalized spacial score (nSPS) is 16.6. The third kappa shape index (κ3) is 14.7. The van der Waals surface area contributed by atoms with E-state index in [1.807, 2.05) is 0 Å². The number of carbonyl (C=O) groups excluding carboxylic acids is 2. The molecule has 2 atom stereocenters. The molecule has 1 fully saturated rings. The maximum Gasteiger partial charge on any atom is 0.326 e. The highest BCUT2D eigenvalue weighted by molar-refractivity contribution is 7.67. The lowest BCUT2D eigenvalue weighted by atomic mass is 10.1. The molecule has 14 heteroatoms. The Labute approximate surface area is 356 Å². The lowest BCUT2D eigenvalue weighted by Crippen LogP contribution is -2.40. The smallest absolute Gasteiger partial charge is 0.326 e. The number of carbonyl (C=O) groups is 4.